The van der Waals surface area contributed by atoms with Gasteiger partial charge in [-0.3, -0.25) is 0 Å². The van der Waals surface area contributed by atoms with Crippen molar-refractivity contribution < 1.29 is 9.47 Å². The molecule has 0 spiro atoms. The SMILES string of the molecule is CCNC(=NCc1cccc(OCCCOC)c1)NC(C)C(C)C. The van der Waals surface area contributed by atoms with E-state index in [0.717, 1.165) is 36.8 Å². The molecule has 0 amide bonds. The first-order chi connectivity index (χ1) is 11.6. The monoisotopic (exact) mass is 335 g/mol. The Hall–Kier alpha value is -1.75. The average molecular weight is 335 g/mol. The smallest absolute Gasteiger partial charge is 0.191 e. The van der Waals surface area contributed by atoms with E-state index < -0.39 is 0 Å². The number of hydrogen-bond acceptors (Lipinski definition) is 3. The van der Waals surface area contributed by atoms with Gasteiger partial charge in [0.1, 0.15) is 5.75 Å². The number of rotatable bonds is 10. The number of ether oxygens (including phenoxy) is 2. The van der Waals surface area contributed by atoms with Crippen LogP contribution in [0, 0.1) is 5.92 Å². The van der Waals surface area contributed by atoms with E-state index in [1.165, 1.54) is 0 Å². The van der Waals surface area contributed by atoms with Gasteiger partial charge < -0.3 is 20.1 Å². The molecule has 1 aromatic rings. The van der Waals surface area contributed by atoms with Crippen molar-refractivity contribution in [1.82, 2.24) is 10.6 Å². The first-order valence-corrected chi connectivity index (χ1v) is 8.82. The molecule has 0 radical (unpaired) electrons. The molecule has 5 nitrogen and oxygen atoms in total. The largest absolute Gasteiger partial charge is 0.493 e. The number of hydrogen-bond donors (Lipinski definition) is 2. The first kappa shape index (κ1) is 20.3. The molecule has 1 unspecified atom stereocenters. The average Bonchev–Trinajstić information content (AvgIpc) is 2.57. The quantitative estimate of drug-likeness (QED) is 0.392. The second-order valence-electron chi connectivity index (χ2n) is 6.21. The summed E-state index contributed by atoms with van der Waals surface area (Å²) in [4.78, 5) is 4.68. The van der Waals surface area contributed by atoms with Crippen LogP contribution in [-0.4, -0.2) is 38.9 Å². The van der Waals surface area contributed by atoms with Crippen LogP contribution in [0.4, 0.5) is 0 Å². The normalized spacial score (nSPS) is 13.0. The van der Waals surface area contributed by atoms with E-state index in [1.807, 2.05) is 18.2 Å². The van der Waals surface area contributed by atoms with Crippen LogP contribution in [0.5, 0.6) is 5.75 Å². The third-order valence-corrected chi connectivity index (χ3v) is 3.79. The highest BCUT2D eigenvalue weighted by molar-refractivity contribution is 5.80. The highest BCUT2D eigenvalue weighted by Crippen LogP contribution is 2.14. The molecular weight excluding hydrogens is 302 g/mol. The Morgan fingerprint density at radius 3 is 2.67 bits per heavy atom. The summed E-state index contributed by atoms with van der Waals surface area (Å²) in [5.41, 5.74) is 1.13. The van der Waals surface area contributed by atoms with Crippen LogP contribution in [0.25, 0.3) is 0 Å². The lowest BCUT2D eigenvalue weighted by molar-refractivity contribution is 0.172. The summed E-state index contributed by atoms with van der Waals surface area (Å²) in [6.07, 6.45) is 0.889. The molecule has 5 heteroatoms. The molecule has 0 bridgehead atoms. The number of benzene rings is 1. The second-order valence-corrected chi connectivity index (χ2v) is 6.21. The van der Waals surface area contributed by atoms with Gasteiger partial charge in [-0.05, 0) is 37.5 Å². The Labute approximate surface area is 146 Å². The third kappa shape index (κ3) is 8.20. The number of nitrogens with one attached hydrogen (secondary N) is 2. The number of methoxy groups -OCH3 is 1. The molecule has 0 aliphatic carbocycles. The van der Waals surface area contributed by atoms with Crippen molar-refractivity contribution in [2.24, 2.45) is 10.9 Å². The molecule has 1 atom stereocenters. The minimum absolute atomic E-state index is 0.373. The van der Waals surface area contributed by atoms with Crippen LogP contribution in [0.2, 0.25) is 0 Å². The number of aliphatic imine (C=N–C) groups is 1. The van der Waals surface area contributed by atoms with Gasteiger partial charge in [-0.15, -0.1) is 0 Å². The Morgan fingerprint density at radius 1 is 1.21 bits per heavy atom. The van der Waals surface area contributed by atoms with Crippen LogP contribution in [0.15, 0.2) is 29.3 Å². The van der Waals surface area contributed by atoms with Crippen molar-refractivity contribution in [3.8, 4) is 5.75 Å². The summed E-state index contributed by atoms with van der Waals surface area (Å²) in [6.45, 7) is 11.5. The fourth-order valence-electron chi connectivity index (χ4n) is 2.00. The summed E-state index contributed by atoms with van der Waals surface area (Å²) in [6, 6.07) is 8.48. The van der Waals surface area contributed by atoms with Gasteiger partial charge in [0, 0.05) is 32.7 Å². The molecule has 1 aromatic carbocycles. The van der Waals surface area contributed by atoms with E-state index in [9.17, 15) is 0 Å². The maximum atomic E-state index is 5.74. The maximum Gasteiger partial charge on any atom is 0.191 e. The van der Waals surface area contributed by atoms with Gasteiger partial charge in [0.15, 0.2) is 5.96 Å². The lowest BCUT2D eigenvalue weighted by atomic mass is 10.1. The topological polar surface area (TPSA) is 54.9 Å². The molecule has 0 saturated carbocycles. The summed E-state index contributed by atoms with van der Waals surface area (Å²) in [5, 5.41) is 6.74. The van der Waals surface area contributed by atoms with Crippen LogP contribution in [0.1, 0.15) is 39.7 Å². The van der Waals surface area contributed by atoms with Crippen LogP contribution >= 0.6 is 0 Å². The molecule has 1 rings (SSSR count). The van der Waals surface area contributed by atoms with Gasteiger partial charge in [0.2, 0.25) is 0 Å². The fraction of sp³-hybridized carbons (Fsp3) is 0.632. The highest BCUT2D eigenvalue weighted by atomic mass is 16.5. The third-order valence-electron chi connectivity index (χ3n) is 3.79. The van der Waals surface area contributed by atoms with E-state index in [4.69, 9.17) is 9.47 Å². The molecule has 0 aromatic heterocycles. The van der Waals surface area contributed by atoms with Gasteiger partial charge in [-0.25, -0.2) is 4.99 Å². The van der Waals surface area contributed by atoms with Gasteiger partial charge in [-0.1, -0.05) is 26.0 Å². The number of nitrogens with zero attached hydrogens (tertiary/aromatic N) is 1. The van der Waals surface area contributed by atoms with Gasteiger partial charge in [-0.2, -0.15) is 0 Å². The van der Waals surface area contributed by atoms with Crippen molar-refractivity contribution >= 4 is 5.96 Å². The van der Waals surface area contributed by atoms with Crippen LogP contribution in [0.3, 0.4) is 0 Å². The zero-order valence-electron chi connectivity index (χ0n) is 15.8. The molecular formula is C19H33N3O2. The van der Waals surface area contributed by atoms with E-state index in [0.29, 0.717) is 25.1 Å². The highest BCUT2D eigenvalue weighted by Gasteiger charge is 2.08. The zero-order valence-corrected chi connectivity index (χ0v) is 15.8. The summed E-state index contributed by atoms with van der Waals surface area (Å²) in [7, 11) is 1.70. The molecule has 0 saturated heterocycles. The molecule has 0 aliphatic rings. The lowest BCUT2D eigenvalue weighted by Gasteiger charge is -2.20. The first-order valence-electron chi connectivity index (χ1n) is 8.82. The van der Waals surface area contributed by atoms with Gasteiger partial charge in [0.05, 0.1) is 13.2 Å². The molecule has 0 heterocycles. The molecule has 24 heavy (non-hydrogen) atoms. The summed E-state index contributed by atoms with van der Waals surface area (Å²) < 4.78 is 10.8. The van der Waals surface area contributed by atoms with Crippen molar-refractivity contribution in [1.29, 1.82) is 0 Å². The molecule has 2 N–H and O–H groups in total. The van der Waals surface area contributed by atoms with Gasteiger partial charge >= 0.3 is 0 Å². The Balaban J connectivity index is 2.61. The maximum absolute atomic E-state index is 5.74. The standard InChI is InChI=1S/C19H33N3O2/c1-6-20-19(22-16(4)15(2)3)21-14-17-9-7-10-18(13-17)24-12-8-11-23-5/h7,9-10,13,15-16H,6,8,11-12,14H2,1-5H3,(H2,20,21,22). The van der Waals surface area contributed by atoms with Crippen molar-refractivity contribution in [2.45, 2.75) is 46.7 Å². The lowest BCUT2D eigenvalue weighted by Crippen LogP contribution is -2.44. The van der Waals surface area contributed by atoms with Crippen LogP contribution < -0.4 is 15.4 Å². The van der Waals surface area contributed by atoms with Crippen molar-refractivity contribution in [3.63, 3.8) is 0 Å². The Bertz CT molecular complexity index is 489. The van der Waals surface area contributed by atoms with Crippen molar-refractivity contribution in [3.05, 3.63) is 29.8 Å². The predicted octanol–water partition coefficient (Wildman–Crippen LogP) is 3.20. The summed E-state index contributed by atoms with van der Waals surface area (Å²) in [5.74, 6) is 2.29. The summed E-state index contributed by atoms with van der Waals surface area (Å²) >= 11 is 0. The van der Waals surface area contributed by atoms with E-state index >= 15 is 0 Å². The Kier molecular flexibility index (Phi) is 9.92. The zero-order chi connectivity index (χ0) is 17.8. The predicted molar refractivity (Wildman–Crippen MR) is 101 cm³/mol. The second kappa shape index (κ2) is 11.7. The molecule has 0 fully saturated rings. The van der Waals surface area contributed by atoms with Gasteiger partial charge in [0.25, 0.3) is 0 Å². The van der Waals surface area contributed by atoms with Crippen LogP contribution in [-0.2, 0) is 11.3 Å². The number of guanidine groups is 1. The molecule has 0 aliphatic heterocycles. The minimum Gasteiger partial charge on any atom is -0.493 e. The van der Waals surface area contributed by atoms with Crippen molar-refractivity contribution in [2.75, 3.05) is 26.9 Å². The van der Waals surface area contributed by atoms with E-state index in [1.54, 1.807) is 7.11 Å². The minimum atomic E-state index is 0.373. The fourth-order valence-corrected chi connectivity index (χ4v) is 2.00. The van der Waals surface area contributed by atoms with E-state index in [2.05, 4.69) is 49.4 Å². The molecule has 136 valence electrons. The van der Waals surface area contributed by atoms with E-state index in [-0.39, 0.29) is 0 Å². The Morgan fingerprint density at radius 2 is 2.00 bits per heavy atom.